The summed E-state index contributed by atoms with van der Waals surface area (Å²) in [4.78, 5) is 12.5. The molecule has 3 aromatic carbocycles. The molecule has 0 amide bonds. The molecule has 4 rings (SSSR count). The molecule has 0 aromatic heterocycles. The Morgan fingerprint density at radius 3 is 2.27 bits per heavy atom. The van der Waals surface area contributed by atoms with Gasteiger partial charge in [0, 0.05) is 30.1 Å². The van der Waals surface area contributed by atoms with E-state index in [1.54, 1.807) is 42.5 Å². The number of hydrogen-bond acceptors (Lipinski definition) is 7. The lowest BCUT2D eigenvalue weighted by atomic mass is 9.88. The van der Waals surface area contributed by atoms with Gasteiger partial charge in [-0.05, 0) is 35.4 Å². The second-order valence-corrected chi connectivity index (χ2v) is 12.1. The number of sulfonamides is 2. The minimum atomic E-state index is -4.00. The van der Waals surface area contributed by atoms with E-state index in [4.69, 9.17) is 21.0 Å². The number of carbonyl (C=O) groups excluding carboxylic acids is 1. The smallest absolute Gasteiger partial charge is 0.310 e. The van der Waals surface area contributed by atoms with E-state index < -0.39 is 37.9 Å². The maximum absolute atomic E-state index is 13.5. The summed E-state index contributed by atoms with van der Waals surface area (Å²) in [7, 11) is -6.73. The lowest BCUT2D eigenvalue weighted by Crippen LogP contribution is -2.30. The van der Waals surface area contributed by atoms with Gasteiger partial charge < -0.3 is 10.5 Å². The maximum atomic E-state index is 13.5. The number of benzene rings is 3. The zero-order chi connectivity index (χ0) is 27.0. The quantitative estimate of drug-likeness (QED) is 0.232. The first-order valence-corrected chi connectivity index (χ1v) is 14.2. The van der Waals surface area contributed by atoms with Gasteiger partial charge in [0.05, 0.1) is 22.8 Å². The van der Waals surface area contributed by atoms with Gasteiger partial charge >= 0.3 is 5.97 Å². The van der Waals surface area contributed by atoms with Gasteiger partial charge in [0.2, 0.25) is 20.0 Å². The number of hydrogen-bond donors (Lipinski definition) is 3. The van der Waals surface area contributed by atoms with Crippen molar-refractivity contribution in [3.05, 3.63) is 83.9 Å². The number of nitrogens with zero attached hydrogens (tertiary/aromatic N) is 1. The Bertz CT molecular complexity index is 1570. The van der Waals surface area contributed by atoms with E-state index in [9.17, 15) is 21.6 Å². The molecule has 0 spiro atoms. The molecule has 10 nitrogen and oxygen atoms in total. The van der Waals surface area contributed by atoms with Crippen LogP contribution in [0.15, 0.2) is 82.6 Å². The highest BCUT2D eigenvalue weighted by Crippen LogP contribution is 2.37. The average Bonchev–Trinajstić information content (AvgIpc) is 3.34. The van der Waals surface area contributed by atoms with Crippen LogP contribution in [0, 0.1) is 11.3 Å². The summed E-state index contributed by atoms with van der Waals surface area (Å²) in [5.74, 6) is -1.92. The van der Waals surface area contributed by atoms with E-state index in [-0.39, 0.29) is 28.7 Å². The Labute approximate surface area is 215 Å². The Morgan fingerprint density at radius 1 is 0.973 bits per heavy atom. The fraction of sp³-hybridized carbons (Fsp3) is 0.200. The summed E-state index contributed by atoms with van der Waals surface area (Å²) in [6, 6.07) is 18.8. The normalized spacial score (nSPS) is 18.4. The van der Waals surface area contributed by atoms with Crippen molar-refractivity contribution in [2.75, 3.05) is 20.2 Å². The highest BCUT2D eigenvalue weighted by Gasteiger charge is 2.44. The van der Waals surface area contributed by atoms with E-state index in [0.29, 0.717) is 22.3 Å². The molecular formula is C25H26N4O6S2. The van der Waals surface area contributed by atoms with Gasteiger partial charge in [0.25, 0.3) is 0 Å². The fourth-order valence-corrected chi connectivity index (χ4v) is 6.79. The number of amidine groups is 1. The molecule has 194 valence electrons. The van der Waals surface area contributed by atoms with Crippen LogP contribution in [0.2, 0.25) is 0 Å². The maximum Gasteiger partial charge on any atom is 0.310 e. The summed E-state index contributed by atoms with van der Waals surface area (Å²) in [5, 5.41) is 13.0. The van der Waals surface area contributed by atoms with Crippen LogP contribution in [-0.4, -0.2) is 53.1 Å². The molecule has 2 unspecified atom stereocenters. The van der Waals surface area contributed by atoms with Crippen LogP contribution in [0.5, 0.6) is 0 Å². The number of ether oxygens (including phenoxy) is 1. The van der Waals surface area contributed by atoms with Crippen LogP contribution in [0.25, 0.3) is 11.1 Å². The van der Waals surface area contributed by atoms with Gasteiger partial charge in [-0.1, -0.05) is 48.5 Å². The molecular weight excluding hydrogens is 516 g/mol. The fourth-order valence-electron chi connectivity index (χ4n) is 4.54. The molecule has 0 saturated carbocycles. The molecule has 1 aliphatic rings. The summed E-state index contributed by atoms with van der Waals surface area (Å²) in [6.45, 7) is -0.0561. The standard InChI is InChI=1S/C25H26N4O6S2/c1-35-25(30)22-15-29(14-21(22)17-5-4-6-18(13-17)24(26)27)37(33,34)19-11-9-16(10-12-19)20-7-2-3-8-23(20)36(28,31)32/h2-13,21-22H,14-15H2,1H3,(H3,26,27)(H2,28,31,32). The first-order chi connectivity index (χ1) is 17.4. The largest absolute Gasteiger partial charge is 0.469 e. The Balaban J connectivity index is 1.66. The van der Waals surface area contributed by atoms with Crippen LogP contribution >= 0.6 is 0 Å². The predicted octanol–water partition coefficient (Wildman–Crippen LogP) is 1.86. The number of primary sulfonamides is 1. The lowest BCUT2D eigenvalue weighted by Gasteiger charge is -2.18. The van der Waals surface area contributed by atoms with Crippen LogP contribution < -0.4 is 10.9 Å². The Kier molecular flexibility index (Phi) is 7.20. The Morgan fingerprint density at radius 2 is 1.65 bits per heavy atom. The summed E-state index contributed by atoms with van der Waals surface area (Å²) < 4.78 is 57.1. The van der Waals surface area contributed by atoms with Crippen molar-refractivity contribution in [3.8, 4) is 11.1 Å². The van der Waals surface area contributed by atoms with Crippen LogP contribution in [0.4, 0.5) is 0 Å². The first kappa shape index (κ1) is 26.5. The van der Waals surface area contributed by atoms with Crippen LogP contribution in [0.3, 0.4) is 0 Å². The van der Waals surface area contributed by atoms with Crippen LogP contribution in [0.1, 0.15) is 17.0 Å². The monoisotopic (exact) mass is 542 g/mol. The molecule has 12 heteroatoms. The summed E-state index contributed by atoms with van der Waals surface area (Å²) in [6.07, 6.45) is 0. The number of rotatable bonds is 7. The lowest BCUT2D eigenvalue weighted by molar-refractivity contribution is -0.145. The third kappa shape index (κ3) is 5.27. The molecule has 0 aliphatic carbocycles. The van der Waals surface area contributed by atoms with Crippen molar-refractivity contribution < 1.29 is 26.4 Å². The first-order valence-electron chi connectivity index (χ1n) is 11.2. The minimum absolute atomic E-state index is 0.00825. The molecule has 0 radical (unpaired) electrons. The number of nitrogens with two attached hydrogens (primary N) is 2. The van der Waals surface area contributed by atoms with Crippen LogP contribution in [-0.2, 0) is 29.6 Å². The molecule has 1 aliphatic heterocycles. The molecule has 1 fully saturated rings. The van der Waals surface area contributed by atoms with E-state index in [2.05, 4.69) is 0 Å². The van der Waals surface area contributed by atoms with Gasteiger partial charge in [-0.2, -0.15) is 4.31 Å². The average molecular weight is 543 g/mol. The second-order valence-electron chi connectivity index (χ2n) is 8.66. The van der Waals surface area contributed by atoms with Crippen molar-refractivity contribution in [1.82, 2.24) is 4.31 Å². The van der Waals surface area contributed by atoms with Crippen molar-refractivity contribution in [2.24, 2.45) is 16.8 Å². The topological polar surface area (TPSA) is 174 Å². The SMILES string of the molecule is COC(=O)C1CN(S(=O)(=O)c2ccc(-c3ccccc3S(N)(=O)=O)cc2)CC1c1cccc(C(=N)N)c1. The number of nitrogens with one attached hydrogen (secondary N) is 1. The third-order valence-corrected chi connectivity index (χ3v) is 9.23. The van der Waals surface area contributed by atoms with Gasteiger partial charge in [-0.15, -0.1) is 0 Å². The Hall–Kier alpha value is -3.58. The van der Waals surface area contributed by atoms with Crippen molar-refractivity contribution in [2.45, 2.75) is 15.7 Å². The molecule has 5 N–H and O–H groups in total. The van der Waals surface area contributed by atoms with Gasteiger partial charge in [-0.3, -0.25) is 10.2 Å². The molecule has 1 saturated heterocycles. The number of nitrogen functional groups attached to an aromatic ring is 1. The van der Waals surface area contributed by atoms with E-state index in [1.807, 2.05) is 0 Å². The third-order valence-electron chi connectivity index (χ3n) is 6.41. The van der Waals surface area contributed by atoms with Crippen molar-refractivity contribution in [3.63, 3.8) is 0 Å². The number of esters is 1. The van der Waals surface area contributed by atoms with Crippen molar-refractivity contribution >= 4 is 31.9 Å². The molecule has 0 bridgehead atoms. The van der Waals surface area contributed by atoms with E-state index >= 15 is 0 Å². The summed E-state index contributed by atoms with van der Waals surface area (Å²) in [5.41, 5.74) is 7.59. The molecule has 2 atom stereocenters. The molecule has 37 heavy (non-hydrogen) atoms. The van der Waals surface area contributed by atoms with Crippen molar-refractivity contribution in [1.29, 1.82) is 5.41 Å². The highest BCUT2D eigenvalue weighted by atomic mass is 32.2. The summed E-state index contributed by atoms with van der Waals surface area (Å²) >= 11 is 0. The second kappa shape index (κ2) is 10.1. The zero-order valence-electron chi connectivity index (χ0n) is 19.9. The van der Waals surface area contributed by atoms with Gasteiger partial charge in [0.15, 0.2) is 0 Å². The highest BCUT2D eigenvalue weighted by molar-refractivity contribution is 7.89. The van der Waals surface area contributed by atoms with E-state index in [1.165, 1.54) is 41.7 Å². The molecule has 1 heterocycles. The zero-order valence-corrected chi connectivity index (χ0v) is 21.5. The van der Waals surface area contributed by atoms with Gasteiger partial charge in [-0.25, -0.2) is 22.0 Å². The van der Waals surface area contributed by atoms with E-state index in [0.717, 1.165) is 0 Å². The number of methoxy groups -OCH3 is 1. The minimum Gasteiger partial charge on any atom is -0.469 e. The number of carbonyl (C=O) groups is 1. The van der Waals surface area contributed by atoms with Gasteiger partial charge in [0.1, 0.15) is 5.84 Å². The molecule has 3 aromatic rings. The predicted molar refractivity (Wildman–Crippen MR) is 138 cm³/mol.